The van der Waals surface area contributed by atoms with E-state index in [9.17, 15) is 8.78 Å². The number of anilines is 1. The summed E-state index contributed by atoms with van der Waals surface area (Å²) in [6, 6.07) is 1.35. The molecule has 1 aromatic rings. The van der Waals surface area contributed by atoms with Gasteiger partial charge in [-0.05, 0) is 28.7 Å². The number of nitrogens with zero attached hydrogens (tertiary/aromatic N) is 1. The van der Waals surface area contributed by atoms with Crippen LogP contribution >= 0.6 is 34.2 Å². The molecule has 0 atom stereocenters. The Morgan fingerprint density at radius 1 is 1.58 bits per heavy atom. The van der Waals surface area contributed by atoms with Crippen molar-refractivity contribution in [3.63, 3.8) is 0 Å². The first kappa shape index (κ1) is 9.91. The Balaban J connectivity index is 3.28. The number of hydrogen-bond donors (Lipinski definition) is 1. The average molecular weight is 304 g/mol. The van der Waals surface area contributed by atoms with E-state index in [1.165, 1.54) is 6.07 Å². The predicted molar refractivity (Wildman–Crippen MR) is 51.3 cm³/mol. The van der Waals surface area contributed by atoms with Crippen molar-refractivity contribution >= 4 is 40.0 Å². The zero-order chi connectivity index (χ0) is 9.30. The van der Waals surface area contributed by atoms with Crippen LogP contribution in [0.2, 0.25) is 5.02 Å². The number of alkyl halides is 2. The predicted octanol–water partition coefficient (Wildman–Crippen LogP) is 2.86. The van der Waals surface area contributed by atoms with Crippen molar-refractivity contribution in [2.24, 2.45) is 0 Å². The van der Waals surface area contributed by atoms with Gasteiger partial charge in [0.2, 0.25) is 0 Å². The lowest BCUT2D eigenvalue weighted by molar-refractivity contribution is 0.152. The van der Waals surface area contributed by atoms with Crippen molar-refractivity contribution < 1.29 is 8.78 Å². The molecule has 0 saturated carbocycles. The molecule has 0 amide bonds. The third-order valence-corrected chi connectivity index (χ3v) is 2.09. The summed E-state index contributed by atoms with van der Waals surface area (Å²) < 4.78 is 24.9. The molecule has 2 nitrogen and oxygen atoms in total. The lowest BCUT2D eigenvalue weighted by Gasteiger charge is -2.05. The smallest absolute Gasteiger partial charge is 0.268 e. The summed E-state index contributed by atoms with van der Waals surface area (Å²) in [6.45, 7) is 0. The van der Waals surface area contributed by atoms with E-state index in [0.29, 0.717) is 3.70 Å². The second kappa shape index (κ2) is 3.69. The number of aromatic nitrogens is 1. The Kier molecular flexibility index (Phi) is 3.05. The highest BCUT2D eigenvalue weighted by atomic mass is 127. The number of nitrogen functional groups attached to an aromatic ring is 1. The Morgan fingerprint density at radius 3 is 2.58 bits per heavy atom. The first-order valence-corrected chi connectivity index (χ1v) is 4.37. The Hall–Kier alpha value is -0.170. The van der Waals surface area contributed by atoms with E-state index in [4.69, 9.17) is 17.3 Å². The molecule has 1 heterocycles. The van der Waals surface area contributed by atoms with Crippen LogP contribution < -0.4 is 5.73 Å². The van der Waals surface area contributed by atoms with Crippen molar-refractivity contribution in [3.05, 3.63) is 20.4 Å². The van der Waals surface area contributed by atoms with Crippen molar-refractivity contribution in [1.82, 2.24) is 4.98 Å². The summed E-state index contributed by atoms with van der Waals surface area (Å²) >= 11 is 7.38. The first-order chi connectivity index (χ1) is 5.52. The van der Waals surface area contributed by atoms with Crippen LogP contribution in [-0.4, -0.2) is 4.98 Å². The fourth-order valence-corrected chi connectivity index (χ4v) is 1.77. The normalized spacial score (nSPS) is 10.8. The summed E-state index contributed by atoms with van der Waals surface area (Å²) in [5.41, 5.74) is 4.85. The van der Waals surface area contributed by atoms with Gasteiger partial charge in [0.15, 0.2) is 0 Å². The Bertz CT molecular complexity index is 283. The molecule has 1 rings (SSSR count). The summed E-state index contributed by atoms with van der Waals surface area (Å²) in [4.78, 5) is 3.66. The topological polar surface area (TPSA) is 38.9 Å². The van der Waals surface area contributed by atoms with Gasteiger partial charge in [-0.1, -0.05) is 11.6 Å². The molecule has 0 unspecified atom stereocenters. The largest absolute Gasteiger partial charge is 0.383 e. The maximum atomic E-state index is 12.2. The first-order valence-electron chi connectivity index (χ1n) is 2.92. The van der Waals surface area contributed by atoms with E-state index in [1.807, 2.05) is 22.6 Å². The van der Waals surface area contributed by atoms with E-state index < -0.39 is 12.0 Å². The molecule has 0 fully saturated rings. The van der Waals surface area contributed by atoms with Crippen LogP contribution in [-0.2, 0) is 0 Å². The molecule has 0 aliphatic heterocycles. The van der Waals surface area contributed by atoms with Crippen LogP contribution in [0.15, 0.2) is 6.07 Å². The van der Waals surface area contributed by atoms with Crippen LogP contribution in [0.25, 0.3) is 0 Å². The molecule has 1 aromatic heterocycles. The molecule has 2 N–H and O–H groups in total. The van der Waals surface area contributed by atoms with E-state index in [0.717, 1.165) is 0 Å². The van der Waals surface area contributed by atoms with Gasteiger partial charge in [0, 0.05) is 0 Å². The minimum absolute atomic E-state index is 0.0399. The summed E-state index contributed by atoms with van der Waals surface area (Å²) in [7, 11) is 0. The minimum Gasteiger partial charge on any atom is -0.383 e. The van der Waals surface area contributed by atoms with Gasteiger partial charge < -0.3 is 5.73 Å². The number of halogens is 4. The molecule has 0 aliphatic carbocycles. The summed E-state index contributed by atoms with van der Waals surface area (Å²) in [5, 5.41) is -0.0399. The van der Waals surface area contributed by atoms with Gasteiger partial charge in [0.05, 0.1) is 10.6 Å². The minimum atomic E-state index is -2.68. The monoisotopic (exact) mass is 304 g/mol. The van der Waals surface area contributed by atoms with Crippen LogP contribution in [0.1, 0.15) is 12.0 Å². The van der Waals surface area contributed by atoms with Gasteiger partial charge >= 0.3 is 0 Å². The van der Waals surface area contributed by atoms with Gasteiger partial charge in [0.25, 0.3) is 6.43 Å². The molecule has 0 saturated heterocycles. The molecular formula is C6H4ClF2IN2. The fraction of sp³-hybridized carbons (Fsp3) is 0.167. The maximum Gasteiger partial charge on any atom is 0.268 e. The van der Waals surface area contributed by atoms with Gasteiger partial charge in [0.1, 0.15) is 9.52 Å². The lowest BCUT2D eigenvalue weighted by Crippen LogP contribution is -2.00. The molecule has 6 heteroatoms. The van der Waals surface area contributed by atoms with Crippen molar-refractivity contribution in [3.8, 4) is 0 Å². The zero-order valence-electron chi connectivity index (χ0n) is 5.69. The van der Waals surface area contributed by atoms with E-state index in [-0.39, 0.29) is 10.8 Å². The molecule has 0 radical (unpaired) electrons. The highest BCUT2D eigenvalue weighted by molar-refractivity contribution is 14.1. The molecule has 0 aromatic carbocycles. The zero-order valence-corrected chi connectivity index (χ0v) is 8.60. The van der Waals surface area contributed by atoms with Crippen molar-refractivity contribution in [1.29, 1.82) is 0 Å². The standard InChI is InChI=1S/C6H4ClF2IN2/c7-2-1-3(10)12-6(11)4(2)5(8)9/h1,5H,(H2,11,12). The second-order valence-corrected chi connectivity index (χ2v) is 3.54. The van der Waals surface area contributed by atoms with Gasteiger partial charge in [-0.15, -0.1) is 0 Å². The fourth-order valence-electron chi connectivity index (χ4n) is 0.728. The van der Waals surface area contributed by atoms with E-state index in [1.54, 1.807) is 0 Å². The highest BCUT2D eigenvalue weighted by Gasteiger charge is 2.17. The van der Waals surface area contributed by atoms with Crippen LogP contribution in [0.5, 0.6) is 0 Å². The molecule has 0 aliphatic rings. The molecule has 66 valence electrons. The van der Waals surface area contributed by atoms with E-state index in [2.05, 4.69) is 4.98 Å². The summed E-state index contributed by atoms with van der Waals surface area (Å²) in [6.07, 6.45) is -2.68. The number of rotatable bonds is 1. The third kappa shape index (κ3) is 1.95. The van der Waals surface area contributed by atoms with E-state index >= 15 is 0 Å². The maximum absolute atomic E-state index is 12.2. The Labute approximate surface area is 86.3 Å². The number of hydrogen-bond acceptors (Lipinski definition) is 2. The van der Waals surface area contributed by atoms with Gasteiger partial charge in [-0.3, -0.25) is 0 Å². The van der Waals surface area contributed by atoms with Gasteiger partial charge in [-0.2, -0.15) is 0 Å². The number of nitrogens with two attached hydrogens (primary N) is 1. The molecular weight excluding hydrogens is 300 g/mol. The molecule has 12 heavy (non-hydrogen) atoms. The van der Waals surface area contributed by atoms with Crippen molar-refractivity contribution in [2.75, 3.05) is 5.73 Å². The SMILES string of the molecule is Nc1nc(I)cc(Cl)c1C(F)F. The Morgan fingerprint density at radius 2 is 2.17 bits per heavy atom. The van der Waals surface area contributed by atoms with Crippen molar-refractivity contribution in [2.45, 2.75) is 6.43 Å². The quantitative estimate of drug-likeness (QED) is 0.640. The highest BCUT2D eigenvalue weighted by Crippen LogP contribution is 2.31. The lowest BCUT2D eigenvalue weighted by atomic mass is 10.3. The summed E-state index contributed by atoms with van der Waals surface area (Å²) in [5.74, 6) is -0.207. The third-order valence-electron chi connectivity index (χ3n) is 1.22. The van der Waals surface area contributed by atoms with Crippen LogP contribution in [0.3, 0.4) is 0 Å². The van der Waals surface area contributed by atoms with Crippen LogP contribution in [0, 0.1) is 3.70 Å². The average Bonchev–Trinajstić information content (AvgIpc) is 1.82. The van der Waals surface area contributed by atoms with Gasteiger partial charge in [-0.25, -0.2) is 13.8 Å². The second-order valence-electron chi connectivity index (χ2n) is 2.03. The number of pyridine rings is 1. The molecule has 0 spiro atoms. The molecule has 0 bridgehead atoms. The van der Waals surface area contributed by atoms with Crippen LogP contribution in [0.4, 0.5) is 14.6 Å².